The average Bonchev–Trinajstić information content (AvgIpc) is 2.25. The molecule has 5 nitrogen and oxygen atoms in total. The molecule has 0 spiro atoms. The van der Waals surface area contributed by atoms with Crippen LogP contribution in [0.2, 0.25) is 0 Å². The van der Waals surface area contributed by atoms with E-state index in [1.165, 1.54) is 7.11 Å². The van der Waals surface area contributed by atoms with Gasteiger partial charge < -0.3 is 10.5 Å². The number of nitrogens with zero attached hydrogens (tertiary/aromatic N) is 1. The zero-order valence-electron chi connectivity index (χ0n) is 10.4. The van der Waals surface area contributed by atoms with Crippen LogP contribution in [-0.2, 0) is 6.42 Å². The smallest absolute Gasteiger partial charge is 0.311 e. The van der Waals surface area contributed by atoms with E-state index in [1.54, 1.807) is 12.1 Å². The number of nitro groups is 1. The maximum absolute atomic E-state index is 10.8. The molecule has 17 heavy (non-hydrogen) atoms. The quantitative estimate of drug-likeness (QED) is 0.630. The van der Waals surface area contributed by atoms with Crippen LogP contribution in [-0.4, -0.2) is 17.6 Å². The Hall–Kier alpha value is -1.62. The minimum atomic E-state index is -0.435. The van der Waals surface area contributed by atoms with Crippen molar-refractivity contribution in [2.75, 3.05) is 7.11 Å². The van der Waals surface area contributed by atoms with E-state index in [4.69, 9.17) is 10.5 Å². The van der Waals surface area contributed by atoms with Crippen molar-refractivity contribution < 1.29 is 9.66 Å². The van der Waals surface area contributed by atoms with Gasteiger partial charge in [-0.15, -0.1) is 0 Å². The summed E-state index contributed by atoms with van der Waals surface area (Å²) in [5.74, 6) is 0.283. The molecule has 2 N–H and O–H groups in total. The summed E-state index contributed by atoms with van der Waals surface area (Å²) in [6.45, 7) is 3.87. The van der Waals surface area contributed by atoms with Gasteiger partial charge in [0, 0.05) is 11.6 Å². The monoisotopic (exact) mass is 238 g/mol. The summed E-state index contributed by atoms with van der Waals surface area (Å²) in [4.78, 5) is 10.4. The lowest BCUT2D eigenvalue weighted by Gasteiger charge is -2.17. The number of benzene rings is 1. The summed E-state index contributed by atoms with van der Waals surface area (Å²) in [5.41, 5.74) is 6.51. The van der Waals surface area contributed by atoms with Crippen molar-refractivity contribution in [2.45, 2.75) is 32.2 Å². The van der Waals surface area contributed by atoms with Gasteiger partial charge in [0.05, 0.1) is 12.0 Å². The predicted octanol–water partition coefficient (Wildman–Crippen LogP) is 2.27. The molecule has 0 fully saturated rings. The van der Waals surface area contributed by atoms with Crippen LogP contribution in [0.3, 0.4) is 0 Å². The van der Waals surface area contributed by atoms with Gasteiger partial charge in [-0.05, 0) is 38.3 Å². The molecule has 0 amide bonds. The lowest BCUT2D eigenvalue weighted by Crippen LogP contribution is -2.32. The number of nitro benzene ring substituents is 1. The summed E-state index contributed by atoms with van der Waals surface area (Å²) in [6, 6.07) is 5.00. The van der Waals surface area contributed by atoms with Crippen molar-refractivity contribution in [3.05, 3.63) is 33.9 Å². The third-order valence-electron chi connectivity index (χ3n) is 2.50. The minimum absolute atomic E-state index is 0.000160. The highest BCUT2D eigenvalue weighted by Crippen LogP contribution is 2.28. The van der Waals surface area contributed by atoms with E-state index in [-0.39, 0.29) is 17.0 Å². The molecule has 0 aliphatic carbocycles. The maximum atomic E-state index is 10.8. The second-order valence-electron chi connectivity index (χ2n) is 4.75. The highest BCUT2D eigenvalue weighted by molar-refractivity contribution is 5.48. The van der Waals surface area contributed by atoms with Crippen LogP contribution in [0.4, 0.5) is 5.69 Å². The van der Waals surface area contributed by atoms with Crippen molar-refractivity contribution in [3.63, 3.8) is 0 Å². The van der Waals surface area contributed by atoms with E-state index in [0.717, 1.165) is 12.0 Å². The molecule has 0 radical (unpaired) electrons. The third-order valence-corrected chi connectivity index (χ3v) is 2.50. The van der Waals surface area contributed by atoms with E-state index < -0.39 is 4.92 Å². The molecule has 0 saturated carbocycles. The standard InChI is InChI=1S/C12H18N2O3/c1-12(2,13)7-6-9-4-5-11(17-3)10(8-9)14(15)16/h4-5,8H,6-7,13H2,1-3H3. The van der Waals surface area contributed by atoms with Crippen LogP contribution < -0.4 is 10.5 Å². The SMILES string of the molecule is COc1ccc(CCC(C)(C)N)cc1[N+](=O)[O-]. The first-order valence-electron chi connectivity index (χ1n) is 5.43. The second kappa shape index (κ2) is 5.14. The summed E-state index contributed by atoms with van der Waals surface area (Å²) < 4.78 is 4.94. The number of methoxy groups -OCH3 is 1. The van der Waals surface area contributed by atoms with Gasteiger partial charge in [-0.25, -0.2) is 0 Å². The summed E-state index contributed by atoms with van der Waals surface area (Å²) >= 11 is 0. The molecule has 0 atom stereocenters. The topological polar surface area (TPSA) is 78.4 Å². The molecule has 0 aliphatic rings. The molecule has 5 heteroatoms. The van der Waals surface area contributed by atoms with E-state index in [0.29, 0.717) is 6.42 Å². The fourth-order valence-corrected chi connectivity index (χ4v) is 1.50. The van der Waals surface area contributed by atoms with Gasteiger partial charge >= 0.3 is 5.69 Å². The molecular formula is C12H18N2O3. The largest absolute Gasteiger partial charge is 0.490 e. The number of nitrogens with two attached hydrogens (primary N) is 1. The Labute approximate surface area is 101 Å². The van der Waals surface area contributed by atoms with Crippen LogP contribution in [0.25, 0.3) is 0 Å². The first-order chi connectivity index (χ1) is 7.83. The highest BCUT2D eigenvalue weighted by atomic mass is 16.6. The van der Waals surface area contributed by atoms with Crippen molar-refractivity contribution in [2.24, 2.45) is 5.73 Å². The molecule has 1 aromatic carbocycles. The van der Waals surface area contributed by atoms with Crippen LogP contribution in [0.15, 0.2) is 18.2 Å². The zero-order valence-corrected chi connectivity index (χ0v) is 10.4. The zero-order chi connectivity index (χ0) is 13.1. The molecule has 0 heterocycles. The van der Waals surface area contributed by atoms with E-state index >= 15 is 0 Å². The van der Waals surface area contributed by atoms with Gasteiger partial charge in [0.1, 0.15) is 0 Å². The number of rotatable bonds is 5. The van der Waals surface area contributed by atoms with Gasteiger partial charge in [-0.2, -0.15) is 0 Å². The van der Waals surface area contributed by atoms with Gasteiger partial charge in [0.2, 0.25) is 0 Å². The Morgan fingerprint density at radius 3 is 2.59 bits per heavy atom. The Morgan fingerprint density at radius 1 is 1.47 bits per heavy atom. The maximum Gasteiger partial charge on any atom is 0.311 e. The Balaban J connectivity index is 2.89. The molecule has 0 aromatic heterocycles. The Bertz CT molecular complexity index is 411. The van der Waals surface area contributed by atoms with Gasteiger partial charge in [0.15, 0.2) is 5.75 Å². The fourth-order valence-electron chi connectivity index (χ4n) is 1.50. The van der Waals surface area contributed by atoms with Gasteiger partial charge in [0.25, 0.3) is 0 Å². The summed E-state index contributed by atoms with van der Waals surface area (Å²) in [6.07, 6.45) is 1.49. The molecular weight excluding hydrogens is 220 g/mol. The van der Waals surface area contributed by atoms with E-state index in [9.17, 15) is 10.1 Å². The first kappa shape index (κ1) is 13.4. The number of hydrogen-bond acceptors (Lipinski definition) is 4. The van der Waals surface area contributed by atoms with Gasteiger partial charge in [-0.1, -0.05) is 6.07 Å². The van der Waals surface area contributed by atoms with Crippen molar-refractivity contribution in [3.8, 4) is 5.75 Å². The fraction of sp³-hybridized carbons (Fsp3) is 0.500. The number of hydrogen-bond donors (Lipinski definition) is 1. The molecule has 0 bridgehead atoms. The van der Waals surface area contributed by atoms with Crippen molar-refractivity contribution >= 4 is 5.69 Å². The summed E-state index contributed by atoms with van der Waals surface area (Å²) in [5, 5.41) is 10.8. The van der Waals surface area contributed by atoms with E-state index in [2.05, 4.69) is 0 Å². The molecule has 0 aliphatic heterocycles. The number of ether oxygens (including phenoxy) is 1. The molecule has 1 rings (SSSR count). The van der Waals surface area contributed by atoms with Crippen LogP contribution in [0.5, 0.6) is 5.75 Å². The van der Waals surface area contributed by atoms with Gasteiger partial charge in [-0.3, -0.25) is 10.1 Å². The molecule has 1 aromatic rings. The van der Waals surface area contributed by atoms with Crippen LogP contribution >= 0.6 is 0 Å². The first-order valence-corrected chi connectivity index (χ1v) is 5.43. The minimum Gasteiger partial charge on any atom is -0.490 e. The Kier molecular flexibility index (Phi) is 4.07. The van der Waals surface area contributed by atoms with Crippen LogP contribution in [0.1, 0.15) is 25.8 Å². The Morgan fingerprint density at radius 2 is 2.12 bits per heavy atom. The molecule has 94 valence electrons. The number of aryl methyl sites for hydroxylation is 1. The molecule has 0 unspecified atom stereocenters. The van der Waals surface area contributed by atoms with E-state index in [1.807, 2.05) is 19.9 Å². The average molecular weight is 238 g/mol. The third kappa shape index (κ3) is 4.03. The summed E-state index contributed by atoms with van der Waals surface area (Å²) in [7, 11) is 1.42. The highest BCUT2D eigenvalue weighted by Gasteiger charge is 2.16. The van der Waals surface area contributed by atoms with Crippen molar-refractivity contribution in [1.29, 1.82) is 0 Å². The lowest BCUT2D eigenvalue weighted by atomic mass is 9.96. The van der Waals surface area contributed by atoms with Crippen LogP contribution in [0, 0.1) is 10.1 Å². The second-order valence-corrected chi connectivity index (χ2v) is 4.75. The molecule has 0 saturated heterocycles. The van der Waals surface area contributed by atoms with Crippen molar-refractivity contribution in [1.82, 2.24) is 0 Å². The normalized spacial score (nSPS) is 11.3. The predicted molar refractivity (Wildman–Crippen MR) is 66.2 cm³/mol. The lowest BCUT2D eigenvalue weighted by molar-refractivity contribution is -0.385.